The molecule has 0 aliphatic heterocycles. The van der Waals surface area contributed by atoms with Crippen LogP contribution in [0.4, 0.5) is 5.69 Å². The standard InChI is InChI=1S/C26H29N3O6/c1-17-12-13-21(35-17)24(26(32)28-18-7-3-4-8-18)29(19-9-5-10-20(15-19)33-2)23(30)16-27-25(31)22-11-6-14-34-22/h5-6,9-15,18,24H,3-4,7-8,16H2,1-2H3,(H,27,31)(H,28,32). The van der Waals surface area contributed by atoms with Crippen molar-refractivity contribution in [2.45, 2.75) is 44.7 Å². The van der Waals surface area contributed by atoms with Crippen LogP contribution in [0.2, 0.25) is 0 Å². The highest BCUT2D eigenvalue weighted by atomic mass is 16.5. The summed E-state index contributed by atoms with van der Waals surface area (Å²) in [7, 11) is 1.52. The molecule has 9 nitrogen and oxygen atoms in total. The van der Waals surface area contributed by atoms with Gasteiger partial charge in [-0.2, -0.15) is 0 Å². The van der Waals surface area contributed by atoms with E-state index in [2.05, 4.69) is 10.6 Å². The van der Waals surface area contributed by atoms with E-state index in [1.54, 1.807) is 49.4 Å². The first kappa shape index (κ1) is 24.1. The molecule has 2 aromatic heterocycles. The van der Waals surface area contributed by atoms with Gasteiger partial charge in [-0.05, 0) is 56.2 Å². The Morgan fingerprint density at radius 2 is 1.91 bits per heavy atom. The number of ether oxygens (including phenoxy) is 1. The Hall–Kier alpha value is -4.01. The zero-order chi connectivity index (χ0) is 24.8. The molecule has 1 saturated carbocycles. The highest BCUT2D eigenvalue weighted by molar-refractivity contribution is 6.04. The fraction of sp³-hybridized carbons (Fsp3) is 0.346. The number of rotatable bonds is 9. The molecule has 3 amide bonds. The van der Waals surface area contributed by atoms with Gasteiger partial charge in [-0.15, -0.1) is 0 Å². The lowest BCUT2D eigenvalue weighted by atomic mass is 10.1. The van der Waals surface area contributed by atoms with E-state index in [9.17, 15) is 14.4 Å². The maximum atomic E-state index is 13.6. The van der Waals surface area contributed by atoms with Crippen LogP contribution in [0.15, 0.2) is 63.6 Å². The van der Waals surface area contributed by atoms with E-state index in [1.165, 1.54) is 24.3 Å². The van der Waals surface area contributed by atoms with Crippen molar-refractivity contribution in [3.8, 4) is 5.75 Å². The molecule has 35 heavy (non-hydrogen) atoms. The maximum Gasteiger partial charge on any atom is 0.287 e. The second-order valence-electron chi connectivity index (χ2n) is 8.47. The zero-order valence-corrected chi connectivity index (χ0v) is 19.8. The number of nitrogens with zero attached hydrogens (tertiary/aromatic N) is 1. The minimum atomic E-state index is -1.08. The number of carbonyl (C=O) groups is 3. The van der Waals surface area contributed by atoms with Gasteiger partial charge in [0.2, 0.25) is 5.91 Å². The molecule has 2 heterocycles. The fourth-order valence-corrected chi connectivity index (χ4v) is 4.26. The summed E-state index contributed by atoms with van der Waals surface area (Å²) in [5, 5.41) is 5.65. The Morgan fingerprint density at radius 3 is 2.57 bits per heavy atom. The number of benzene rings is 1. The smallest absolute Gasteiger partial charge is 0.287 e. The Labute approximate surface area is 203 Å². The van der Waals surface area contributed by atoms with Crippen LogP contribution in [-0.2, 0) is 9.59 Å². The molecule has 0 saturated heterocycles. The van der Waals surface area contributed by atoms with Gasteiger partial charge in [0.25, 0.3) is 11.8 Å². The van der Waals surface area contributed by atoms with Crippen LogP contribution in [0.5, 0.6) is 5.75 Å². The van der Waals surface area contributed by atoms with Gasteiger partial charge in [0.15, 0.2) is 11.8 Å². The van der Waals surface area contributed by atoms with Crippen molar-refractivity contribution in [1.29, 1.82) is 0 Å². The molecule has 1 aromatic carbocycles. The number of nitrogens with one attached hydrogen (secondary N) is 2. The first-order valence-corrected chi connectivity index (χ1v) is 11.6. The minimum Gasteiger partial charge on any atom is -0.497 e. The monoisotopic (exact) mass is 479 g/mol. The Balaban J connectivity index is 1.68. The lowest BCUT2D eigenvalue weighted by molar-refractivity contribution is -0.127. The van der Waals surface area contributed by atoms with E-state index >= 15 is 0 Å². The van der Waals surface area contributed by atoms with Gasteiger partial charge in [-0.1, -0.05) is 18.9 Å². The Kier molecular flexibility index (Phi) is 7.54. The third-order valence-electron chi connectivity index (χ3n) is 5.98. The van der Waals surface area contributed by atoms with E-state index in [1.807, 2.05) is 0 Å². The molecule has 9 heteroatoms. The average Bonchev–Trinajstić information content (AvgIpc) is 3.64. The number of methoxy groups -OCH3 is 1. The van der Waals surface area contributed by atoms with Crippen molar-refractivity contribution in [2.24, 2.45) is 0 Å². The predicted octanol–water partition coefficient (Wildman–Crippen LogP) is 3.75. The number of hydrogen-bond acceptors (Lipinski definition) is 6. The molecule has 0 bridgehead atoms. The Morgan fingerprint density at radius 1 is 1.11 bits per heavy atom. The highest BCUT2D eigenvalue weighted by Gasteiger charge is 2.36. The molecule has 0 radical (unpaired) electrons. The third-order valence-corrected chi connectivity index (χ3v) is 5.98. The number of amides is 3. The van der Waals surface area contributed by atoms with Crippen molar-refractivity contribution >= 4 is 23.4 Å². The summed E-state index contributed by atoms with van der Waals surface area (Å²) in [6.07, 6.45) is 5.26. The van der Waals surface area contributed by atoms with Crippen LogP contribution in [0.25, 0.3) is 0 Å². The molecule has 1 aliphatic carbocycles. The SMILES string of the molecule is COc1cccc(N(C(=O)CNC(=O)c2ccco2)C(C(=O)NC2CCCC2)c2ccc(C)o2)c1. The minimum absolute atomic E-state index is 0.0435. The zero-order valence-electron chi connectivity index (χ0n) is 19.8. The largest absolute Gasteiger partial charge is 0.497 e. The van der Waals surface area contributed by atoms with Gasteiger partial charge in [0, 0.05) is 17.8 Å². The molecule has 184 valence electrons. The van der Waals surface area contributed by atoms with Crippen molar-refractivity contribution in [1.82, 2.24) is 10.6 Å². The van der Waals surface area contributed by atoms with Gasteiger partial charge in [-0.3, -0.25) is 19.3 Å². The molecule has 4 rings (SSSR count). The van der Waals surface area contributed by atoms with Crippen LogP contribution < -0.4 is 20.3 Å². The van der Waals surface area contributed by atoms with Gasteiger partial charge in [-0.25, -0.2) is 0 Å². The number of furan rings is 2. The Bertz CT molecular complexity index is 1160. The van der Waals surface area contributed by atoms with E-state index < -0.39 is 17.9 Å². The summed E-state index contributed by atoms with van der Waals surface area (Å²) in [4.78, 5) is 40.9. The number of hydrogen-bond donors (Lipinski definition) is 2. The molecule has 1 unspecified atom stereocenters. The average molecular weight is 480 g/mol. The lowest BCUT2D eigenvalue weighted by Gasteiger charge is -2.31. The summed E-state index contributed by atoms with van der Waals surface area (Å²) < 4.78 is 16.3. The van der Waals surface area contributed by atoms with Crippen LogP contribution in [0, 0.1) is 6.92 Å². The van der Waals surface area contributed by atoms with Crippen molar-refractivity contribution in [2.75, 3.05) is 18.6 Å². The summed E-state index contributed by atoms with van der Waals surface area (Å²) in [5.41, 5.74) is 0.433. The van der Waals surface area contributed by atoms with Crippen molar-refractivity contribution < 1.29 is 28.0 Å². The summed E-state index contributed by atoms with van der Waals surface area (Å²) >= 11 is 0. The quantitative estimate of drug-likeness (QED) is 0.483. The number of carbonyl (C=O) groups excluding carboxylic acids is 3. The molecule has 1 aliphatic rings. The summed E-state index contributed by atoms with van der Waals surface area (Å²) in [6, 6.07) is 12.3. The van der Waals surface area contributed by atoms with Crippen LogP contribution in [0.3, 0.4) is 0 Å². The number of aryl methyl sites for hydroxylation is 1. The molecule has 0 spiro atoms. The fourth-order valence-electron chi connectivity index (χ4n) is 4.26. The second kappa shape index (κ2) is 10.9. The molecular weight excluding hydrogens is 450 g/mol. The van der Waals surface area contributed by atoms with Crippen molar-refractivity contribution in [3.05, 3.63) is 72.1 Å². The summed E-state index contributed by atoms with van der Waals surface area (Å²) in [6.45, 7) is 1.42. The van der Waals surface area contributed by atoms with E-state index in [0.29, 0.717) is 23.0 Å². The van der Waals surface area contributed by atoms with Gasteiger partial charge in [0.05, 0.1) is 19.9 Å². The van der Waals surface area contributed by atoms with Gasteiger partial charge in [0.1, 0.15) is 17.3 Å². The van der Waals surface area contributed by atoms with E-state index in [4.69, 9.17) is 13.6 Å². The second-order valence-corrected chi connectivity index (χ2v) is 8.47. The van der Waals surface area contributed by atoms with Crippen molar-refractivity contribution in [3.63, 3.8) is 0 Å². The highest BCUT2D eigenvalue weighted by Crippen LogP contribution is 2.32. The normalized spacial score (nSPS) is 14.3. The topological polar surface area (TPSA) is 114 Å². The van der Waals surface area contributed by atoms with Crippen LogP contribution >= 0.6 is 0 Å². The van der Waals surface area contributed by atoms with Crippen LogP contribution in [-0.4, -0.2) is 37.4 Å². The molecule has 1 fully saturated rings. The predicted molar refractivity (Wildman–Crippen MR) is 128 cm³/mol. The first-order valence-electron chi connectivity index (χ1n) is 11.6. The molecule has 3 aromatic rings. The first-order chi connectivity index (χ1) is 17.0. The van der Waals surface area contributed by atoms with Crippen LogP contribution in [0.1, 0.15) is 53.8 Å². The van der Waals surface area contributed by atoms with Gasteiger partial charge >= 0.3 is 0 Å². The molecule has 1 atom stereocenters. The van der Waals surface area contributed by atoms with E-state index in [-0.39, 0.29) is 24.3 Å². The molecule has 2 N–H and O–H groups in total. The van der Waals surface area contributed by atoms with E-state index in [0.717, 1.165) is 25.7 Å². The number of anilines is 1. The molecular formula is C26H29N3O6. The lowest BCUT2D eigenvalue weighted by Crippen LogP contribution is -2.49. The third kappa shape index (κ3) is 5.74. The summed E-state index contributed by atoms with van der Waals surface area (Å²) in [5.74, 6) is 0.163. The van der Waals surface area contributed by atoms with Gasteiger partial charge < -0.3 is 24.2 Å². The maximum absolute atomic E-state index is 13.6.